The summed E-state index contributed by atoms with van der Waals surface area (Å²) in [6, 6.07) is 4.62. The van der Waals surface area contributed by atoms with Gasteiger partial charge in [0.25, 0.3) is 0 Å². The van der Waals surface area contributed by atoms with Crippen molar-refractivity contribution in [1.82, 2.24) is 4.90 Å². The molecule has 0 aromatic heterocycles. The van der Waals surface area contributed by atoms with Gasteiger partial charge in [-0.2, -0.15) is 0 Å². The molecule has 164 valence electrons. The normalized spacial score (nSPS) is 21.9. The molecule has 2 rings (SSSR count). The van der Waals surface area contributed by atoms with Crippen LogP contribution in [0.3, 0.4) is 0 Å². The summed E-state index contributed by atoms with van der Waals surface area (Å²) >= 11 is 3.41. The Labute approximate surface area is 183 Å². The number of halogens is 2. The van der Waals surface area contributed by atoms with Crippen LogP contribution in [0.25, 0.3) is 4.48 Å². The van der Waals surface area contributed by atoms with Crippen molar-refractivity contribution in [2.75, 3.05) is 20.8 Å². The van der Waals surface area contributed by atoms with Crippen molar-refractivity contribution in [3.05, 3.63) is 41.7 Å². The van der Waals surface area contributed by atoms with Crippen molar-refractivity contribution < 1.29 is 33.0 Å². The number of carbonyl (C=O) groups excluding carboxylic acids is 3. The number of benzene rings is 1. The maximum Gasteiger partial charge on any atom is 0.411 e. The number of amides is 1. The zero-order valence-corrected chi connectivity index (χ0v) is 19.1. The highest BCUT2D eigenvalue weighted by Crippen LogP contribution is 2.42. The number of hydrogen-bond acceptors (Lipinski definition) is 6. The molecular formula is C21H25BrFNO6. The van der Waals surface area contributed by atoms with Crippen LogP contribution >= 0.6 is 15.9 Å². The number of esters is 2. The molecule has 0 unspecified atom stereocenters. The topological polar surface area (TPSA) is 82.1 Å². The van der Waals surface area contributed by atoms with Gasteiger partial charge in [-0.05, 0) is 38.5 Å². The molecule has 1 aliphatic heterocycles. The van der Waals surface area contributed by atoms with Crippen LogP contribution in [0.5, 0.6) is 0 Å². The predicted molar refractivity (Wildman–Crippen MR) is 111 cm³/mol. The van der Waals surface area contributed by atoms with Crippen molar-refractivity contribution in [2.24, 2.45) is 5.41 Å². The quantitative estimate of drug-likeness (QED) is 0.475. The fraction of sp³-hybridized carbons (Fsp3) is 0.476. The largest absolute Gasteiger partial charge is 0.468 e. The van der Waals surface area contributed by atoms with Gasteiger partial charge in [-0.1, -0.05) is 34.1 Å². The Morgan fingerprint density at radius 2 is 1.77 bits per heavy atom. The fourth-order valence-electron chi connectivity index (χ4n) is 3.24. The summed E-state index contributed by atoms with van der Waals surface area (Å²) in [6.07, 6.45) is 0.781. The van der Waals surface area contributed by atoms with Crippen LogP contribution in [0, 0.1) is 11.2 Å². The molecule has 2 atom stereocenters. The van der Waals surface area contributed by atoms with Crippen molar-refractivity contribution >= 4 is 38.4 Å². The van der Waals surface area contributed by atoms with E-state index in [9.17, 15) is 18.8 Å². The Hall–Kier alpha value is -2.42. The van der Waals surface area contributed by atoms with Gasteiger partial charge in [0.1, 0.15) is 22.9 Å². The van der Waals surface area contributed by atoms with Gasteiger partial charge in [-0.15, -0.1) is 0 Å². The molecule has 1 amide bonds. The monoisotopic (exact) mass is 485 g/mol. The van der Waals surface area contributed by atoms with Gasteiger partial charge >= 0.3 is 18.0 Å². The van der Waals surface area contributed by atoms with E-state index >= 15 is 0 Å². The van der Waals surface area contributed by atoms with Gasteiger partial charge in [0, 0.05) is 17.4 Å². The van der Waals surface area contributed by atoms with E-state index in [0.717, 1.165) is 0 Å². The maximum absolute atomic E-state index is 13.2. The minimum atomic E-state index is -1.34. The average Bonchev–Trinajstić information content (AvgIpc) is 3.06. The second kappa shape index (κ2) is 9.16. The standard InChI is InChI=1S/C21H25BrFNO6/c1-20(2,3)30-19(27)24-12-21(18(26)29-5,11-16(24)17(25)28-4)10-15(22)13-6-8-14(23)9-7-13/h6-10,16H,11-12H2,1-5H3/b15-10+/t16-,21-/m0/s1. The van der Waals surface area contributed by atoms with Crippen molar-refractivity contribution in [1.29, 1.82) is 0 Å². The molecule has 9 heteroatoms. The average molecular weight is 486 g/mol. The zero-order chi connectivity index (χ0) is 22.7. The van der Waals surface area contributed by atoms with Gasteiger partial charge in [0.2, 0.25) is 0 Å². The van der Waals surface area contributed by atoms with Gasteiger partial charge in [0.15, 0.2) is 0 Å². The van der Waals surface area contributed by atoms with Crippen LogP contribution in [-0.4, -0.2) is 55.3 Å². The van der Waals surface area contributed by atoms with Crippen LogP contribution in [0.15, 0.2) is 30.3 Å². The van der Waals surface area contributed by atoms with Crippen molar-refractivity contribution in [3.63, 3.8) is 0 Å². The number of carbonyl (C=O) groups is 3. The Morgan fingerprint density at radius 1 is 1.17 bits per heavy atom. The first-order valence-corrected chi connectivity index (χ1v) is 10.0. The Bertz CT molecular complexity index is 848. The third-order valence-corrected chi connectivity index (χ3v) is 5.29. The molecular weight excluding hydrogens is 461 g/mol. The lowest BCUT2D eigenvalue weighted by Gasteiger charge is -2.28. The molecule has 1 aromatic rings. The minimum absolute atomic E-state index is 0.0537. The highest BCUT2D eigenvalue weighted by molar-refractivity contribution is 9.15. The van der Waals surface area contributed by atoms with Crippen molar-refractivity contribution in [3.8, 4) is 0 Å². The zero-order valence-electron chi connectivity index (χ0n) is 17.5. The van der Waals surface area contributed by atoms with Crippen LogP contribution in [0.2, 0.25) is 0 Å². The number of hydrogen-bond donors (Lipinski definition) is 0. The molecule has 0 saturated carbocycles. The molecule has 1 aromatic carbocycles. The summed E-state index contributed by atoms with van der Waals surface area (Å²) in [5, 5.41) is 0. The molecule has 1 saturated heterocycles. The second-order valence-corrected chi connectivity index (χ2v) is 8.85. The van der Waals surface area contributed by atoms with E-state index in [1.807, 2.05) is 0 Å². The first-order chi connectivity index (χ1) is 13.9. The fourth-order valence-corrected chi connectivity index (χ4v) is 3.95. The van der Waals surface area contributed by atoms with E-state index in [1.165, 1.54) is 31.3 Å². The van der Waals surface area contributed by atoms with Crippen molar-refractivity contribution in [2.45, 2.75) is 38.8 Å². The SMILES string of the molecule is COC(=O)[C@@H]1C[C@](/C=C(/Br)c2ccc(F)cc2)(C(=O)OC)CN1C(=O)OC(C)(C)C. The van der Waals surface area contributed by atoms with Crippen LogP contribution in [0.4, 0.5) is 9.18 Å². The second-order valence-electron chi connectivity index (χ2n) is 8.00. The highest BCUT2D eigenvalue weighted by atomic mass is 79.9. The molecule has 1 heterocycles. The summed E-state index contributed by atoms with van der Waals surface area (Å²) in [4.78, 5) is 39.1. The number of methoxy groups -OCH3 is 2. The number of nitrogens with zero attached hydrogens (tertiary/aromatic N) is 1. The Morgan fingerprint density at radius 3 is 2.27 bits per heavy atom. The Balaban J connectivity index is 2.49. The molecule has 0 radical (unpaired) electrons. The Kier molecular flexibility index (Phi) is 7.28. The lowest BCUT2D eigenvalue weighted by atomic mass is 9.84. The third kappa shape index (κ3) is 5.38. The first kappa shape index (κ1) is 23.9. The van der Waals surface area contributed by atoms with Gasteiger partial charge in [-0.25, -0.2) is 14.0 Å². The molecule has 30 heavy (non-hydrogen) atoms. The summed E-state index contributed by atoms with van der Waals surface area (Å²) in [6.45, 7) is 4.96. The molecule has 0 bridgehead atoms. The third-order valence-electron chi connectivity index (χ3n) is 4.60. The van der Waals surface area contributed by atoms with Gasteiger partial charge < -0.3 is 14.2 Å². The van der Waals surface area contributed by atoms with E-state index in [-0.39, 0.29) is 13.0 Å². The number of rotatable bonds is 4. The first-order valence-electron chi connectivity index (χ1n) is 9.22. The molecule has 0 N–H and O–H groups in total. The molecule has 0 aliphatic carbocycles. The maximum atomic E-state index is 13.2. The summed E-state index contributed by atoms with van der Waals surface area (Å²) in [5.74, 6) is -1.69. The number of ether oxygens (including phenoxy) is 3. The molecule has 1 fully saturated rings. The van der Waals surface area contributed by atoms with E-state index in [0.29, 0.717) is 10.0 Å². The smallest absolute Gasteiger partial charge is 0.411 e. The summed E-state index contributed by atoms with van der Waals surface area (Å²) in [5.41, 5.74) is -1.51. The lowest BCUT2D eigenvalue weighted by Crippen LogP contribution is -2.44. The van der Waals surface area contributed by atoms with Crippen LogP contribution in [-0.2, 0) is 23.8 Å². The van der Waals surface area contributed by atoms with Crippen LogP contribution in [0.1, 0.15) is 32.8 Å². The van der Waals surface area contributed by atoms with E-state index in [2.05, 4.69) is 15.9 Å². The van der Waals surface area contributed by atoms with Crippen LogP contribution < -0.4 is 0 Å². The van der Waals surface area contributed by atoms with Gasteiger partial charge in [0.05, 0.1) is 14.2 Å². The molecule has 7 nitrogen and oxygen atoms in total. The summed E-state index contributed by atoms with van der Waals surface area (Å²) < 4.78 is 29.0. The predicted octanol–water partition coefficient (Wildman–Crippen LogP) is 3.90. The molecule has 0 spiro atoms. The molecule has 1 aliphatic rings. The summed E-state index contributed by atoms with van der Waals surface area (Å²) in [7, 11) is 2.44. The van der Waals surface area contributed by atoms with Gasteiger partial charge in [-0.3, -0.25) is 9.69 Å². The minimum Gasteiger partial charge on any atom is -0.468 e. The van der Waals surface area contributed by atoms with E-state index in [1.54, 1.807) is 39.0 Å². The van der Waals surface area contributed by atoms with E-state index in [4.69, 9.17) is 14.2 Å². The highest BCUT2D eigenvalue weighted by Gasteiger charge is 2.54. The van der Waals surface area contributed by atoms with E-state index < -0.39 is 40.9 Å². The number of likely N-dealkylation sites (tertiary alicyclic amines) is 1. The lowest BCUT2D eigenvalue weighted by molar-refractivity contribution is -0.149.